The van der Waals surface area contributed by atoms with Crippen LogP contribution in [0.3, 0.4) is 0 Å². The Kier molecular flexibility index (Phi) is 7.46. The second kappa shape index (κ2) is 8.61. The number of likely N-dealkylation sites (tertiary alicyclic amines) is 1. The molecule has 1 fully saturated rings. The zero-order valence-corrected chi connectivity index (χ0v) is 14.6. The number of benzene rings is 1. The number of amides is 1. The van der Waals surface area contributed by atoms with Crippen LogP contribution >= 0.6 is 24.0 Å². The van der Waals surface area contributed by atoms with Crippen molar-refractivity contribution in [3.05, 3.63) is 28.8 Å². The van der Waals surface area contributed by atoms with E-state index in [1.165, 1.54) is 0 Å². The minimum Gasteiger partial charge on any atom is -0.496 e. The third-order valence-electron chi connectivity index (χ3n) is 4.06. The number of ether oxygens (including phenoxy) is 1. The zero-order chi connectivity index (χ0) is 15.4. The maximum Gasteiger partial charge on any atom is 0.227 e. The van der Waals surface area contributed by atoms with E-state index in [1.54, 1.807) is 25.3 Å². The standard InChI is InChI=1S/C16H23ClN2O2.ClH/c1-11(18)14-5-3-4-8-19(14)16(20)10-12-9-13(17)6-7-15(12)21-2;/h6-7,9,11,14H,3-5,8,10,18H2,1-2H3;1H. The van der Waals surface area contributed by atoms with Crippen molar-refractivity contribution in [3.8, 4) is 5.75 Å². The lowest BCUT2D eigenvalue weighted by molar-refractivity contribution is -0.134. The summed E-state index contributed by atoms with van der Waals surface area (Å²) in [5, 5.41) is 0.612. The molecule has 2 unspecified atom stereocenters. The maximum atomic E-state index is 12.6. The van der Waals surface area contributed by atoms with E-state index in [9.17, 15) is 4.79 Å². The van der Waals surface area contributed by atoms with Crippen LogP contribution in [0.4, 0.5) is 0 Å². The average Bonchev–Trinajstić information content (AvgIpc) is 2.47. The van der Waals surface area contributed by atoms with Gasteiger partial charge in [0.1, 0.15) is 5.75 Å². The van der Waals surface area contributed by atoms with E-state index in [1.807, 2.05) is 11.8 Å². The van der Waals surface area contributed by atoms with Crippen LogP contribution in [0.2, 0.25) is 5.02 Å². The molecule has 0 saturated carbocycles. The predicted octanol–water partition coefficient (Wildman–Crippen LogP) is 3.04. The van der Waals surface area contributed by atoms with Gasteiger partial charge in [-0.15, -0.1) is 12.4 Å². The van der Waals surface area contributed by atoms with Gasteiger partial charge in [0.2, 0.25) is 5.91 Å². The Morgan fingerprint density at radius 2 is 2.23 bits per heavy atom. The summed E-state index contributed by atoms with van der Waals surface area (Å²) in [6, 6.07) is 5.49. The molecule has 124 valence electrons. The summed E-state index contributed by atoms with van der Waals surface area (Å²) in [6.07, 6.45) is 3.46. The molecule has 1 amide bonds. The first kappa shape index (κ1) is 19.1. The highest BCUT2D eigenvalue weighted by atomic mass is 35.5. The molecule has 1 heterocycles. The topological polar surface area (TPSA) is 55.6 Å². The van der Waals surface area contributed by atoms with E-state index in [2.05, 4.69) is 0 Å². The molecule has 0 spiro atoms. The zero-order valence-electron chi connectivity index (χ0n) is 13.0. The number of methoxy groups -OCH3 is 1. The lowest BCUT2D eigenvalue weighted by Gasteiger charge is -2.38. The van der Waals surface area contributed by atoms with E-state index in [4.69, 9.17) is 22.1 Å². The minimum absolute atomic E-state index is 0. The van der Waals surface area contributed by atoms with E-state index in [-0.39, 0.29) is 30.4 Å². The SMILES string of the molecule is COc1ccc(Cl)cc1CC(=O)N1CCCCC1C(C)N.Cl. The summed E-state index contributed by atoms with van der Waals surface area (Å²) < 4.78 is 5.31. The first-order valence-electron chi connectivity index (χ1n) is 7.40. The summed E-state index contributed by atoms with van der Waals surface area (Å²) in [5.41, 5.74) is 6.85. The molecule has 2 rings (SSSR count). The lowest BCUT2D eigenvalue weighted by Crippen LogP contribution is -2.52. The first-order chi connectivity index (χ1) is 10.0. The van der Waals surface area contributed by atoms with Gasteiger partial charge in [0.05, 0.1) is 13.5 Å². The maximum absolute atomic E-state index is 12.6. The molecule has 0 aromatic heterocycles. The third-order valence-corrected chi connectivity index (χ3v) is 4.30. The van der Waals surface area contributed by atoms with Gasteiger partial charge in [-0.05, 0) is 44.4 Å². The second-order valence-electron chi connectivity index (χ2n) is 5.64. The highest BCUT2D eigenvalue weighted by Crippen LogP contribution is 2.25. The molecular weight excluding hydrogens is 323 g/mol. The number of hydrogen-bond acceptors (Lipinski definition) is 3. The molecule has 0 radical (unpaired) electrons. The average molecular weight is 347 g/mol. The van der Waals surface area contributed by atoms with Gasteiger partial charge >= 0.3 is 0 Å². The summed E-state index contributed by atoms with van der Waals surface area (Å²) >= 11 is 6.02. The second-order valence-corrected chi connectivity index (χ2v) is 6.08. The van der Waals surface area contributed by atoms with Gasteiger partial charge in [-0.1, -0.05) is 11.6 Å². The molecule has 0 aliphatic carbocycles. The van der Waals surface area contributed by atoms with Crippen molar-refractivity contribution in [2.45, 2.75) is 44.7 Å². The molecule has 1 saturated heterocycles. The predicted molar refractivity (Wildman–Crippen MR) is 92.0 cm³/mol. The fourth-order valence-electron chi connectivity index (χ4n) is 2.96. The van der Waals surface area contributed by atoms with E-state index < -0.39 is 0 Å². The first-order valence-corrected chi connectivity index (χ1v) is 7.78. The van der Waals surface area contributed by atoms with Gasteiger partial charge in [0.15, 0.2) is 0 Å². The molecule has 6 heteroatoms. The Morgan fingerprint density at radius 1 is 1.50 bits per heavy atom. The van der Waals surface area contributed by atoms with Crippen molar-refractivity contribution in [2.75, 3.05) is 13.7 Å². The van der Waals surface area contributed by atoms with Crippen LogP contribution in [0.25, 0.3) is 0 Å². The van der Waals surface area contributed by atoms with Crippen LogP contribution in [0.5, 0.6) is 5.75 Å². The third kappa shape index (κ3) is 4.51. The highest BCUT2D eigenvalue weighted by molar-refractivity contribution is 6.30. The van der Waals surface area contributed by atoms with Gasteiger partial charge in [0.25, 0.3) is 0 Å². The fraction of sp³-hybridized carbons (Fsp3) is 0.562. The Labute approximate surface area is 143 Å². The summed E-state index contributed by atoms with van der Waals surface area (Å²) in [6.45, 7) is 2.75. The quantitative estimate of drug-likeness (QED) is 0.911. The number of nitrogens with zero attached hydrogens (tertiary/aromatic N) is 1. The van der Waals surface area contributed by atoms with Gasteiger partial charge in [-0.3, -0.25) is 4.79 Å². The molecule has 4 nitrogen and oxygen atoms in total. The largest absolute Gasteiger partial charge is 0.496 e. The Morgan fingerprint density at radius 3 is 2.86 bits per heavy atom. The smallest absolute Gasteiger partial charge is 0.227 e. The van der Waals surface area contributed by atoms with Crippen LogP contribution < -0.4 is 10.5 Å². The number of halogens is 2. The molecule has 22 heavy (non-hydrogen) atoms. The summed E-state index contributed by atoms with van der Waals surface area (Å²) in [7, 11) is 1.60. The molecule has 1 aromatic rings. The van der Waals surface area contributed by atoms with Gasteiger partial charge in [0, 0.05) is 29.2 Å². The van der Waals surface area contributed by atoms with E-state index in [0.29, 0.717) is 17.2 Å². The van der Waals surface area contributed by atoms with Gasteiger partial charge in [-0.25, -0.2) is 0 Å². The molecular formula is C16H24Cl2N2O2. The number of carbonyl (C=O) groups is 1. The fourth-order valence-corrected chi connectivity index (χ4v) is 3.16. The van der Waals surface area contributed by atoms with E-state index >= 15 is 0 Å². The van der Waals surface area contributed by atoms with Gasteiger partial charge in [-0.2, -0.15) is 0 Å². The number of rotatable bonds is 4. The normalized spacial score (nSPS) is 19.3. The summed E-state index contributed by atoms with van der Waals surface area (Å²) in [4.78, 5) is 14.6. The molecule has 1 aromatic carbocycles. The van der Waals surface area contributed by atoms with Crippen molar-refractivity contribution < 1.29 is 9.53 Å². The number of hydrogen-bond donors (Lipinski definition) is 1. The number of piperidine rings is 1. The molecule has 1 aliphatic heterocycles. The number of nitrogens with two attached hydrogens (primary N) is 1. The van der Waals surface area contributed by atoms with Crippen LogP contribution in [-0.4, -0.2) is 36.5 Å². The van der Waals surface area contributed by atoms with Crippen LogP contribution in [0.1, 0.15) is 31.7 Å². The Balaban J connectivity index is 0.00000242. The molecule has 0 bridgehead atoms. The van der Waals surface area contributed by atoms with Crippen molar-refractivity contribution in [3.63, 3.8) is 0 Å². The molecule has 1 aliphatic rings. The Bertz CT molecular complexity index is 509. The van der Waals surface area contributed by atoms with Crippen molar-refractivity contribution in [1.82, 2.24) is 4.90 Å². The molecule has 2 atom stereocenters. The lowest BCUT2D eigenvalue weighted by atomic mass is 9.96. The number of carbonyl (C=O) groups excluding carboxylic acids is 1. The summed E-state index contributed by atoms with van der Waals surface area (Å²) in [5.74, 6) is 0.791. The Hall–Kier alpha value is -0.970. The minimum atomic E-state index is -0.00416. The van der Waals surface area contributed by atoms with Crippen molar-refractivity contribution >= 4 is 29.9 Å². The van der Waals surface area contributed by atoms with Crippen LogP contribution in [0.15, 0.2) is 18.2 Å². The van der Waals surface area contributed by atoms with Crippen LogP contribution in [0, 0.1) is 0 Å². The van der Waals surface area contributed by atoms with Gasteiger partial charge < -0.3 is 15.4 Å². The van der Waals surface area contributed by atoms with Crippen LogP contribution in [-0.2, 0) is 11.2 Å². The van der Waals surface area contributed by atoms with Crippen molar-refractivity contribution in [2.24, 2.45) is 5.73 Å². The highest BCUT2D eigenvalue weighted by Gasteiger charge is 2.29. The van der Waals surface area contributed by atoms with Crippen molar-refractivity contribution in [1.29, 1.82) is 0 Å². The molecule has 2 N–H and O–H groups in total. The monoisotopic (exact) mass is 346 g/mol. The van der Waals surface area contributed by atoms with E-state index in [0.717, 1.165) is 31.4 Å².